The maximum atomic E-state index is 5.96. The summed E-state index contributed by atoms with van der Waals surface area (Å²) >= 11 is 9.49. The Balaban J connectivity index is 2.22. The number of benzene rings is 2. The van der Waals surface area contributed by atoms with Gasteiger partial charge in [-0.2, -0.15) is 0 Å². The zero-order valence-electron chi connectivity index (χ0n) is 10.7. The van der Waals surface area contributed by atoms with E-state index in [1.165, 1.54) is 11.1 Å². The van der Waals surface area contributed by atoms with E-state index in [4.69, 9.17) is 17.4 Å². The second kappa shape index (κ2) is 6.53. The molecule has 2 nitrogen and oxygen atoms in total. The molecule has 0 fully saturated rings. The normalized spacial score (nSPS) is 12.4. The Morgan fingerprint density at radius 2 is 1.89 bits per heavy atom. The first kappa shape index (κ1) is 14.5. The molecule has 0 amide bonds. The van der Waals surface area contributed by atoms with Crippen LogP contribution in [0.15, 0.2) is 46.9 Å². The maximum absolute atomic E-state index is 5.96. The number of nitrogens with two attached hydrogens (primary N) is 1. The minimum absolute atomic E-state index is 0.0503. The van der Waals surface area contributed by atoms with Crippen LogP contribution in [0.4, 0.5) is 0 Å². The van der Waals surface area contributed by atoms with Crippen molar-refractivity contribution in [2.45, 2.75) is 19.4 Å². The number of hydrogen-bond acceptors (Lipinski definition) is 2. The molecule has 0 bridgehead atoms. The maximum Gasteiger partial charge on any atom is 0.0511 e. The van der Waals surface area contributed by atoms with Crippen LogP contribution in [0.5, 0.6) is 0 Å². The molecule has 3 N–H and O–H groups in total. The highest BCUT2D eigenvalue weighted by Gasteiger charge is 2.14. The summed E-state index contributed by atoms with van der Waals surface area (Å²) < 4.78 is 0.968. The summed E-state index contributed by atoms with van der Waals surface area (Å²) in [6.07, 6.45) is 0.830. The van der Waals surface area contributed by atoms with Gasteiger partial charge in [-0.25, -0.2) is 0 Å². The van der Waals surface area contributed by atoms with E-state index in [2.05, 4.69) is 52.5 Å². The average Bonchev–Trinajstić information content (AvgIpc) is 2.39. The first-order valence-electron chi connectivity index (χ1n) is 6.07. The van der Waals surface area contributed by atoms with Gasteiger partial charge in [0.15, 0.2) is 0 Å². The lowest BCUT2D eigenvalue weighted by Gasteiger charge is -2.18. The van der Waals surface area contributed by atoms with Gasteiger partial charge in [0.05, 0.1) is 6.04 Å². The minimum Gasteiger partial charge on any atom is -0.271 e. The van der Waals surface area contributed by atoms with Crippen molar-refractivity contribution in [3.05, 3.63) is 68.7 Å². The van der Waals surface area contributed by atoms with Crippen molar-refractivity contribution >= 4 is 27.5 Å². The molecular weight excluding hydrogens is 324 g/mol. The predicted octanol–water partition coefficient (Wildman–Crippen LogP) is 4.16. The van der Waals surface area contributed by atoms with Crippen molar-refractivity contribution in [3.8, 4) is 0 Å². The molecule has 0 heterocycles. The lowest BCUT2D eigenvalue weighted by molar-refractivity contribution is 0.550. The molecule has 0 spiro atoms. The van der Waals surface area contributed by atoms with Crippen LogP contribution in [-0.2, 0) is 6.42 Å². The van der Waals surface area contributed by atoms with Crippen LogP contribution in [0.3, 0.4) is 0 Å². The van der Waals surface area contributed by atoms with E-state index in [1.54, 1.807) is 0 Å². The summed E-state index contributed by atoms with van der Waals surface area (Å²) in [5.74, 6) is 5.69. The lowest BCUT2D eigenvalue weighted by Crippen LogP contribution is -2.29. The van der Waals surface area contributed by atoms with Crippen molar-refractivity contribution in [1.82, 2.24) is 5.43 Å². The SMILES string of the molecule is Cc1ccc(CC(NN)c2ccc(Cl)cc2Br)cc1. The van der Waals surface area contributed by atoms with Crippen LogP contribution in [-0.4, -0.2) is 0 Å². The second-order valence-electron chi connectivity index (χ2n) is 4.57. The third-order valence-corrected chi connectivity index (χ3v) is 4.02. The van der Waals surface area contributed by atoms with E-state index < -0.39 is 0 Å². The van der Waals surface area contributed by atoms with Gasteiger partial charge in [0.1, 0.15) is 0 Å². The molecule has 1 unspecified atom stereocenters. The molecule has 0 aliphatic carbocycles. The summed E-state index contributed by atoms with van der Waals surface area (Å²) in [6.45, 7) is 2.08. The van der Waals surface area contributed by atoms with Gasteiger partial charge in [-0.3, -0.25) is 11.3 Å². The molecule has 19 heavy (non-hydrogen) atoms. The lowest BCUT2D eigenvalue weighted by atomic mass is 9.99. The van der Waals surface area contributed by atoms with E-state index in [1.807, 2.05) is 18.2 Å². The fourth-order valence-corrected chi connectivity index (χ4v) is 2.96. The van der Waals surface area contributed by atoms with Crippen molar-refractivity contribution in [3.63, 3.8) is 0 Å². The Hall–Kier alpha value is -0.870. The molecule has 0 radical (unpaired) electrons. The number of halogens is 2. The summed E-state index contributed by atoms with van der Waals surface area (Å²) in [7, 11) is 0. The van der Waals surface area contributed by atoms with Crippen LogP contribution in [0.2, 0.25) is 5.02 Å². The molecule has 0 saturated carbocycles. The number of hydrogen-bond donors (Lipinski definition) is 2. The molecule has 0 aromatic heterocycles. The quantitative estimate of drug-likeness (QED) is 0.648. The Morgan fingerprint density at radius 1 is 1.21 bits per heavy atom. The Morgan fingerprint density at radius 3 is 2.47 bits per heavy atom. The van der Waals surface area contributed by atoms with E-state index in [-0.39, 0.29) is 6.04 Å². The van der Waals surface area contributed by atoms with Crippen LogP contribution >= 0.6 is 27.5 Å². The number of nitrogens with one attached hydrogen (secondary N) is 1. The fraction of sp³-hybridized carbons (Fsp3) is 0.200. The summed E-state index contributed by atoms with van der Waals surface area (Å²) in [5.41, 5.74) is 6.48. The zero-order valence-corrected chi connectivity index (χ0v) is 13.0. The average molecular weight is 340 g/mol. The molecule has 1 atom stereocenters. The molecule has 2 rings (SSSR count). The van der Waals surface area contributed by atoms with Crippen LogP contribution in [0.25, 0.3) is 0 Å². The van der Waals surface area contributed by atoms with Crippen molar-refractivity contribution < 1.29 is 0 Å². The highest BCUT2D eigenvalue weighted by molar-refractivity contribution is 9.10. The molecule has 2 aromatic rings. The van der Waals surface area contributed by atoms with E-state index in [0.29, 0.717) is 5.02 Å². The van der Waals surface area contributed by atoms with Gasteiger partial charge in [0, 0.05) is 9.50 Å². The van der Waals surface area contributed by atoms with Gasteiger partial charge in [-0.05, 0) is 36.6 Å². The van der Waals surface area contributed by atoms with Gasteiger partial charge in [0.2, 0.25) is 0 Å². The van der Waals surface area contributed by atoms with E-state index >= 15 is 0 Å². The molecule has 0 aliphatic heterocycles. The number of hydrazine groups is 1. The predicted molar refractivity (Wildman–Crippen MR) is 84.1 cm³/mol. The monoisotopic (exact) mass is 338 g/mol. The zero-order chi connectivity index (χ0) is 13.8. The Bertz CT molecular complexity index is 555. The highest BCUT2D eigenvalue weighted by atomic mass is 79.9. The molecule has 0 saturated heterocycles. The van der Waals surface area contributed by atoms with E-state index in [0.717, 1.165) is 16.5 Å². The molecular formula is C15H16BrClN2. The van der Waals surface area contributed by atoms with Crippen LogP contribution < -0.4 is 11.3 Å². The van der Waals surface area contributed by atoms with Crippen LogP contribution in [0.1, 0.15) is 22.7 Å². The first-order chi connectivity index (χ1) is 9.10. The van der Waals surface area contributed by atoms with Gasteiger partial charge in [0.25, 0.3) is 0 Å². The first-order valence-corrected chi connectivity index (χ1v) is 7.24. The molecule has 0 aliphatic rings. The summed E-state index contributed by atoms with van der Waals surface area (Å²) in [4.78, 5) is 0. The minimum atomic E-state index is 0.0503. The Kier molecular flexibility index (Phi) is 4.99. The fourth-order valence-electron chi connectivity index (χ4n) is 2.00. The van der Waals surface area contributed by atoms with Gasteiger partial charge in [-0.1, -0.05) is 63.4 Å². The number of rotatable bonds is 4. The third-order valence-electron chi connectivity index (χ3n) is 3.10. The van der Waals surface area contributed by atoms with Crippen molar-refractivity contribution in [2.24, 2.45) is 5.84 Å². The van der Waals surface area contributed by atoms with E-state index in [9.17, 15) is 0 Å². The third kappa shape index (κ3) is 3.80. The summed E-state index contributed by atoms with van der Waals surface area (Å²) in [5, 5.41) is 0.710. The van der Waals surface area contributed by atoms with Gasteiger partial charge >= 0.3 is 0 Å². The van der Waals surface area contributed by atoms with Crippen molar-refractivity contribution in [1.29, 1.82) is 0 Å². The molecule has 4 heteroatoms. The largest absolute Gasteiger partial charge is 0.271 e. The second-order valence-corrected chi connectivity index (χ2v) is 5.87. The highest BCUT2D eigenvalue weighted by Crippen LogP contribution is 2.28. The van der Waals surface area contributed by atoms with Crippen LogP contribution in [0, 0.1) is 6.92 Å². The molecule has 100 valence electrons. The molecule has 2 aromatic carbocycles. The van der Waals surface area contributed by atoms with Gasteiger partial charge < -0.3 is 0 Å². The Labute approximate surface area is 127 Å². The van der Waals surface area contributed by atoms with Gasteiger partial charge in [-0.15, -0.1) is 0 Å². The van der Waals surface area contributed by atoms with Crippen molar-refractivity contribution in [2.75, 3.05) is 0 Å². The summed E-state index contributed by atoms with van der Waals surface area (Å²) in [6, 6.07) is 14.3. The topological polar surface area (TPSA) is 38.0 Å². The standard InChI is InChI=1S/C15H16BrClN2/c1-10-2-4-11(5-3-10)8-15(19-18)13-7-6-12(17)9-14(13)16/h2-7,9,15,19H,8,18H2,1H3. The smallest absolute Gasteiger partial charge is 0.0511 e. The number of aryl methyl sites for hydroxylation is 1.